The van der Waals surface area contributed by atoms with E-state index < -0.39 is 17.4 Å². The summed E-state index contributed by atoms with van der Waals surface area (Å²) in [4.78, 5) is 21.8. The van der Waals surface area contributed by atoms with Gasteiger partial charge in [0.2, 0.25) is 5.91 Å². The highest BCUT2D eigenvalue weighted by atomic mass is 16.6. The SMILES string of the molecule is CCOC(=O)COCCNC(C)(C)C(N)=O. The van der Waals surface area contributed by atoms with E-state index in [1.807, 2.05) is 0 Å². The van der Waals surface area contributed by atoms with Crippen LogP contribution in [0, 0.1) is 0 Å². The van der Waals surface area contributed by atoms with Crippen molar-refractivity contribution >= 4 is 11.9 Å². The molecular formula is C10H20N2O4. The van der Waals surface area contributed by atoms with E-state index in [1.165, 1.54) is 0 Å². The van der Waals surface area contributed by atoms with Crippen LogP contribution in [0.5, 0.6) is 0 Å². The van der Waals surface area contributed by atoms with Gasteiger partial charge in [-0.25, -0.2) is 4.79 Å². The highest BCUT2D eigenvalue weighted by Gasteiger charge is 2.23. The number of hydrogen-bond acceptors (Lipinski definition) is 5. The Morgan fingerprint density at radius 3 is 2.50 bits per heavy atom. The molecule has 0 spiro atoms. The summed E-state index contributed by atoms with van der Waals surface area (Å²) >= 11 is 0. The minimum Gasteiger partial charge on any atom is -0.464 e. The fourth-order valence-corrected chi connectivity index (χ4v) is 0.881. The number of nitrogens with two attached hydrogens (primary N) is 1. The molecule has 0 aromatic carbocycles. The van der Waals surface area contributed by atoms with Crippen molar-refractivity contribution in [2.45, 2.75) is 26.3 Å². The van der Waals surface area contributed by atoms with E-state index in [1.54, 1.807) is 20.8 Å². The summed E-state index contributed by atoms with van der Waals surface area (Å²) in [5.74, 6) is -0.824. The van der Waals surface area contributed by atoms with Gasteiger partial charge in [-0.2, -0.15) is 0 Å². The minimum absolute atomic E-state index is 0.0769. The molecule has 0 aliphatic heterocycles. The maximum atomic E-state index is 10.9. The Labute approximate surface area is 95.5 Å². The van der Waals surface area contributed by atoms with Crippen molar-refractivity contribution in [2.24, 2.45) is 5.73 Å². The van der Waals surface area contributed by atoms with Crippen LogP contribution in [-0.2, 0) is 19.1 Å². The molecule has 0 saturated heterocycles. The van der Waals surface area contributed by atoms with E-state index in [0.717, 1.165) is 0 Å². The zero-order valence-electron chi connectivity index (χ0n) is 10.0. The maximum absolute atomic E-state index is 10.9. The highest BCUT2D eigenvalue weighted by Crippen LogP contribution is 1.98. The second kappa shape index (κ2) is 7.19. The largest absolute Gasteiger partial charge is 0.464 e. The number of esters is 1. The van der Waals surface area contributed by atoms with E-state index in [9.17, 15) is 9.59 Å². The summed E-state index contributed by atoms with van der Waals surface area (Å²) in [5.41, 5.74) is 4.39. The van der Waals surface area contributed by atoms with Crippen molar-refractivity contribution in [3.8, 4) is 0 Å². The maximum Gasteiger partial charge on any atom is 0.332 e. The Morgan fingerprint density at radius 2 is 2.00 bits per heavy atom. The Kier molecular flexibility index (Phi) is 6.67. The van der Waals surface area contributed by atoms with Gasteiger partial charge in [0.05, 0.1) is 18.8 Å². The lowest BCUT2D eigenvalue weighted by molar-refractivity contribution is -0.148. The zero-order valence-corrected chi connectivity index (χ0v) is 10.0. The van der Waals surface area contributed by atoms with Crippen LogP contribution in [0.25, 0.3) is 0 Å². The van der Waals surface area contributed by atoms with E-state index in [2.05, 4.69) is 10.1 Å². The molecule has 3 N–H and O–H groups in total. The van der Waals surface area contributed by atoms with Gasteiger partial charge in [-0.05, 0) is 20.8 Å². The first-order valence-electron chi connectivity index (χ1n) is 5.18. The molecule has 0 aromatic rings. The Balaban J connectivity index is 3.54. The van der Waals surface area contributed by atoms with Crippen molar-refractivity contribution in [3.63, 3.8) is 0 Å². The van der Waals surface area contributed by atoms with E-state index >= 15 is 0 Å². The van der Waals surface area contributed by atoms with Crippen molar-refractivity contribution in [2.75, 3.05) is 26.4 Å². The standard InChI is InChI=1S/C10H20N2O4/c1-4-16-8(13)7-15-6-5-12-10(2,3)9(11)14/h12H,4-7H2,1-3H3,(H2,11,14). The van der Waals surface area contributed by atoms with Crippen molar-refractivity contribution < 1.29 is 19.1 Å². The average molecular weight is 232 g/mol. The second-order valence-electron chi connectivity index (χ2n) is 3.77. The van der Waals surface area contributed by atoms with Crippen LogP contribution in [0.4, 0.5) is 0 Å². The number of primary amides is 1. The lowest BCUT2D eigenvalue weighted by atomic mass is 10.1. The van der Waals surface area contributed by atoms with Gasteiger partial charge in [0, 0.05) is 6.54 Å². The van der Waals surface area contributed by atoms with Crippen LogP contribution >= 0.6 is 0 Å². The molecular weight excluding hydrogens is 212 g/mol. The molecule has 0 radical (unpaired) electrons. The highest BCUT2D eigenvalue weighted by molar-refractivity contribution is 5.83. The first-order chi connectivity index (χ1) is 7.40. The molecule has 6 heteroatoms. The molecule has 1 amide bonds. The predicted molar refractivity (Wildman–Crippen MR) is 58.7 cm³/mol. The van der Waals surface area contributed by atoms with Gasteiger partial charge in [0.15, 0.2) is 0 Å². The summed E-state index contributed by atoms with van der Waals surface area (Å²) in [7, 11) is 0. The second-order valence-corrected chi connectivity index (χ2v) is 3.77. The number of carbonyl (C=O) groups is 2. The minimum atomic E-state index is -0.771. The van der Waals surface area contributed by atoms with Gasteiger partial charge in [-0.1, -0.05) is 0 Å². The lowest BCUT2D eigenvalue weighted by Crippen LogP contribution is -2.51. The monoisotopic (exact) mass is 232 g/mol. The van der Waals surface area contributed by atoms with Crippen LogP contribution in [-0.4, -0.2) is 43.8 Å². The molecule has 0 saturated carbocycles. The summed E-state index contributed by atoms with van der Waals surface area (Å²) in [5, 5.41) is 2.91. The molecule has 6 nitrogen and oxygen atoms in total. The summed E-state index contributed by atoms with van der Waals surface area (Å²) < 4.78 is 9.70. The summed E-state index contributed by atoms with van der Waals surface area (Å²) in [6, 6.07) is 0. The van der Waals surface area contributed by atoms with Crippen LogP contribution in [0.3, 0.4) is 0 Å². The van der Waals surface area contributed by atoms with Gasteiger partial charge in [0.1, 0.15) is 6.61 Å². The topological polar surface area (TPSA) is 90.7 Å². The van der Waals surface area contributed by atoms with E-state index in [4.69, 9.17) is 10.5 Å². The molecule has 0 bridgehead atoms. The molecule has 16 heavy (non-hydrogen) atoms. The number of rotatable bonds is 8. The van der Waals surface area contributed by atoms with Crippen LogP contribution in [0.2, 0.25) is 0 Å². The molecule has 0 aromatic heterocycles. The van der Waals surface area contributed by atoms with Crippen LogP contribution in [0.15, 0.2) is 0 Å². The van der Waals surface area contributed by atoms with Crippen molar-refractivity contribution in [1.29, 1.82) is 0 Å². The van der Waals surface area contributed by atoms with Crippen molar-refractivity contribution in [1.82, 2.24) is 5.32 Å². The third-order valence-corrected chi connectivity index (χ3v) is 1.95. The van der Waals surface area contributed by atoms with Crippen molar-refractivity contribution in [3.05, 3.63) is 0 Å². The zero-order chi connectivity index (χ0) is 12.6. The molecule has 0 unspecified atom stereocenters. The van der Waals surface area contributed by atoms with Crippen LogP contribution in [0.1, 0.15) is 20.8 Å². The van der Waals surface area contributed by atoms with Gasteiger partial charge < -0.3 is 20.5 Å². The van der Waals surface area contributed by atoms with E-state index in [-0.39, 0.29) is 6.61 Å². The number of hydrogen-bond donors (Lipinski definition) is 2. The number of ether oxygens (including phenoxy) is 2. The first-order valence-corrected chi connectivity index (χ1v) is 5.18. The summed E-state index contributed by atoms with van der Waals surface area (Å²) in [6.07, 6.45) is 0. The lowest BCUT2D eigenvalue weighted by Gasteiger charge is -2.21. The molecule has 0 atom stereocenters. The van der Waals surface area contributed by atoms with Gasteiger partial charge >= 0.3 is 5.97 Å². The van der Waals surface area contributed by atoms with Gasteiger partial charge in [-0.3, -0.25) is 4.79 Å². The Hall–Kier alpha value is -1.14. The third-order valence-electron chi connectivity index (χ3n) is 1.95. The molecule has 0 rings (SSSR count). The smallest absolute Gasteiger partial charge is 0.332 e. The quantitative estimate of drug-likeness (QED) is 0.431. The number of carbonyl (C=O) groups excluding carboxylic acids is 2. The average Bonchev–Trinajstić information content (AvgIpc) is 2.17. The third kappa shape index (κ3) is 6.36. The molecule has 0 aliphatic rings. The predicted octanol–water partition coefficient (Wildman–Crippen LogP) is -0.580. The molecule has 0 heterocycles. The molecule has 0 fully saturated rings. The molecule has 0 aliphatic carbocycles. The fraction of sp³-hybridized carbons (Fsp3) is 0.800. The van der Waals surface area contributed by atoms with Gasteiger partial charge in [0.25, 0.3) is 0 Å². The molecule has 94 valence electrons. The number of amides is 1. The Bertz CT molecular complexity index is 241. The van der Waals surface area contributed by atoms with Crippen LogP contribution < -0.4 is 11.1 Å². The van der Waals surface area contributed by atoms with E-state index in [0.29, 0.717) is 19.8 Å². The summed E-state index contributed by atoms with van der Waals surface area (Å²) in [6.45, 7) is 6.11. The normalized spacial score (nSPS) is 11.2. The first kappa shape index (κ1) is 14.9. The fourth-order valence-electron chi connectivity index (χ4n) is 0.881. The Morgan fingerprint density at radius 1 is 1.38 bits per heavy atom. The van der Waals surface area contributed by atoms with Gasteiger partial charge in [-0.15, -0.1) is 0 Å². The number of nitrogens with one attached hydrogen (secondary N) is 1.